The van der Waals surface area contributed by atoms with Gasteiger partial charge in [-0.3, -0.25) is 24.3 Å². The topological polar surface area (TPSA) is 186 Å². The minimum atomic E-state index is -1.17. The molecule has 4 rings (SSSR count). The Balaban J connectivity index is 1.31. The van der Waals surface area contributed by atoms with Gasteiger partial charge in [0.2, 0.25) is 0 Å². The number of amides is 3. The van der Waals surface area contributed by atoms with Gasteiger partial charge in [0, 0.05) is 37.2 Å². The van der Waals surface area contributed by atoms with E-state index in [1.807, 2.05) is 0 Å². The van der Waals surface area contributed by atoms with Gasteiger partial charge in [0.15, 0.2) is 0 Å². The van der Waals surface area contributed by atoms with Gasteiger partial charge in [0.25, 0.3) is 5.91 Å². The van der Waals surface area contributed by atoms with Gasteiger partial charge in [-0.05, 0) is 61.0 Å². The predicted octanol–water partition coefficient (Wildman–Crippen LogP) is 4.16. The summed E-state index contributed by atoms with van der Waals surface area (Å²) in [6.07, 6.45) is 3.02. The second kappa shape index (κ2) is 14.4. The number of H-pyrrole nitrogens is 1. The molecule has 0 saturated heterocycles. The smallest absolute Gasteiger partial charge is 0.323 e. The number of aromatic amines is 1. The molecule has 0 aliphatic carbocycles. The lowest BCUT2D eigenvalue weighted by atomic mass is 10.2. The summed E-state index contributed by atoms with van der Waals surface area (Å²) in [6.45, 7) is 0.955. The SMILES string of the molecule is Cc1ccc(F)c(NC(=O)Nc2ccc(Oc3ccnc(-c4cc(C(=O)NCCN(CC(=O)O)CC(=O)O)c[nH]4)c3)cc2)c1. The van der Waals surface area contributed by atoms with Crippen molar-refractivity contribution in [3.63, 3.8) is 0 Å². The number of urea groups is 1. The van der Waals surface area contributed by atoms with Crippen LogP contribution >= 0.6 is 0 Å². The van der Waals surface area contributed by atoms with Crippen LogP contribution in [0.1, 0.15) is 15.9 Å². The van der Waals surface area contributed by atoms with Gasteiger partial charge in [-0.1, -0.05) is 6.07 Å². The van der Waals surface area contributed by atoms with E-state index in [4.69, 9.17) is 14.9 Å². The molecule has 0 radical (unpaired) electrons. The van der Waals surface area contributed by atoms with Crippen molar-refractivity contribution < 1.29 is 38.5 Å². The van der Waals surface area contributed by atoms with Crippen molar-refractivity contribution in [3.8, 4) is 22.9 Å². The number of ether oxygens (including phenoxy) is 1. The number of aromatic nitrogens is 2. The number of halogens is 1. The minimum absolute atomic E-state index is 0.0419. The van der Waals surface area contributed by atoms with Crippen LogP contribution in [0.25, 0.3) is 11.4 Å². The molecule has 0 fully saturated rings. The number of aliphatic carboxylic acids is 2. The summed E-state index contributed by atoms with van der Waals surface area (Å²) in [6, 6.07) is 15.3. The van der Waals surface area contributed by atoms with Crippen molar-refractivity contribution in [1.82, 2.24) is 20.2 Å². The van der Waals surface area contributed by atoms with Crippen LogP contribution in [0, 0.1) is 12.7 Å². The lowest BCUT2D eigenvalue weighted by molar-refractivity contribution is -0.141. The van der Waals surface area contributed by atoms with E-state index in [1.54, 1.807) is 55.5 Å². The number of carbonyl (C=O) groups is 4. The van der Waals surface area contributed by atoms with Gasteiger partial charge in [-0.25, -0.2) is 9.18 Å². The molecule has 0 saturated carbocycles. The van der Waals surface area contributed by atoms with E-state index in [9.17, 15) is 23.6 Å². The highest BCUT2D eigenvalue weighted by Crippen LogP contribution is 2.27. The fraction of sp³-hybridized carbons (Fsp3) is 0.167. The fourth-order valence-corrected chi connectivity index (χ4v) is 4.08. The van der Waals surface area contributed by atoms with Crippen LogP contribution < -0.4 is 20.7 Å². The third kappa shape index (κ3) is 9.12. The van der Waals surface area contributed by atoms with E-state index in [-0.39, 0.29) is 18.8 Å². The molecule has 0 unspecified atom stereocenters. The van der Waals surface area contributed by atoms with Crippen molar-refractivity contribution in [2.75, 3.05) is 36.8 Å². The Kier molecular flexibility index (Phi) is 10.2. The summed E-state index contributed by atoms with van der Waals surface area (Å²) in [5.41, 5.74) is 2.67. The molecule has 44 heavy (non-hydrogen) atoms. The lowest BCUT2D eigenvalue weighted by Crippen LogP contribution is -2.40. The first-order valence-corrected chi connectivity index (χ1v) is 13.3. The number of anilines is 2. The van der Waals surface area contributed by atoms with E-state index in [1.165, 1.54) is 29.4 Å². The van der Waals surface area contributed by atoms with E-state index >= 15 is 0 Å². The highest BCUT2D eigenvalue weighted by molar-refractivity contribution is 6.00. The normalized spacial score (nSPS) is 10.7. The Hall–Kier alpha value is -5.76. The van der Waals surface area contributed by atoms with Crippen LogP contribution in [0.4, 0.5) is 20.6 Å². The third-order valence-corrected chi connectivity index (χ3v) is 6.10. The number of hydrogen-bond acceptors (Lipinski definition) is 7. The Morgan fingerprint density at radius 3 is 2.36 bits per heavy atom. The van der Waals surface area contributed by atoms with E-state index < -0.39 is 42.8 Å². The molecule has 0 atom stereocenters. The van der Waals surface area contributed by atoms with Gasteiger partial charge >= 0.3 is 18.0 Å². The number of carboxylic acids is 2. The molecule has 2 aromatic carbocycles. The van der Waals surface area contributed by atoms with Crippen LogP contribution in [0.2, 0.25) is 0 Å². The summed E-state index contributed by atoms with van der Waals surface area (Å²) in [7, 11) is 0. The first kappa shape index (κ1) is 31.2. The highest BCUT2D eigenvalue weighted by Gasteiger charge is 2.15. The van der Waals surface area contributed by atoms with Gasteiger partial charge in [-0.15, -0.1) is 0 Å². The number of rotatable bonds is 13. The van der Waals surface area contributed by atoms with Crippen LogP contribution in [-0.4, -0.2) is 75.1 Å². The van der Waals surface area contributed by atoms with Crippen molar-refractivity contribution in [3.05, 3.63) is 90.0 Å². The van der Waals surface area contributed by atoms with E-state index in [2.05, 4.69) is 25.9 Å². The first-order chi connectivity index (χ1) is 21.0. The number of hydrogen-bond donors (Lipinski definition) is 6. The van der Waals surface area contributed by atoms with Gasteiger partial charge < -0.3 is 35.9 Å². The third-order valence-electron chi connectivity index (χ3n) is 6.10. The molecule has 3 amide bonds. The first-order valence-electron chi connectivity index (χ1n) is 13.3. The summed E-state index contributed by atoms with van der Waals surface area (Å²) in [4.78, 5) is 55.2. The molecule has 0 aliphatic heterocycles. The summed E-state index contributed by atoms with van der Waals surface area (Å²) < 4.78 is 19.8. The number of aryl methyl sites for hydroxylation is 1. The molecular weight excluding hydrogens is 575 g/mol. The molecule has 0 bridgehead atoms. The molecule has 2 heterocycles. The Morgan fingerprint density at radius 2 is 1.66 bits per heavy atom. The largest absolute Gasteiger partial charge is 0.480 e. The summed E-state index contributed by atoms with van der Waals surface area (Å²) in [5, 5.41) is 25.6. The lowest BCUT2D eigenvalue weighted by Gasteiger charge is -2.17. The van der Waals surface area contributed by atoms with Gasteiger partial charge in [0.1, 0.15) is 17.3 Å². The molecule has 2 aromatic heterocycles. The van der Waals surface area contributed by atoms with Crippen LogP contribution in [0.15, 0.2) is 73.1 Å². The highest BCUT2D eigenvalue weighted by atomic mass is 19.1. The Labute approximate surface area is 250 Å². The number of nitrogens with one attached hydrogen (secondary N) is 4. The van der Waals surface area contributed by atoms with Crippen molar-refractivity contribution in [2.24, 2.45) is 0 Å². The van der Waals surface area contributed by atoms with Crippen molar-refractivity contribution in [2.45, 2.75) is 6.92 Å². The fourth-order valence-electron chi connectivity index (χ4n) is 4.08. The maximum absolute atomic E-state index is 13.9. The zero-order chi connectivity index (χ0) is 31.6. The second-order valence-electron chi connectivity index (χ2n) is 9.62. The van der Waals surface area contributed by atoms with E-state index in [0.29, 0.717) is 34.1 Å². The molecule has 228 valence electrons. The number of pyridine rings is 1. The average Bonchev–Trinajstić information content (AvgIpc) is 3.46. The zero-order valence-corrected chi connectivity index (χ0v) is 23.5. The number of nitrogens with zero attached hydrogens (tertiary/aromatic N) is 2. The maximum Gasteiger partial charge on any atom is 0.323 e. The van der Waals surface area contributed by atoms with Gasteiger partial charge in [-0.2, -0.15) is 0 Å². The number of benzene rings is 2. The standard InChI is InChI=1S/C30H29FN6O7/c1-18-2-7-23(31)24(12-18)36-30(43)35-20-3-5-21(6-4-20)44-22-8-9-32-26(14-22)25-13-19(15-34-25)29(42)33-10-11-37(16-27(38)39)17-28(40)41/h2-9,12-15,34H,10-11,16-17H2,1H3,(H,33,42)(H,38,39)(H,40,41)(H2,35,36,43). The molecule has 13 nitrogen and oxygen atoms in total. The Bertz CT molecular complexity index is 1640. The van der Waals surface area contributed by atoms with Crippen LogP contribution in [0.3, 0.4) is 0 Å². The molecular formula is C30H29FN6O7. The zero-order valence-electron chi connectivity index (χ0n) is 23.5. The monoisotopic (exact) mass is 604 g/mol. The Morgan fingerprint density at radius 1 is 0.932 bits per heavy atom. The maximum atomic E-state index is 13.9. The predicted molar refractivity (Wildman–Crippen MR) is 158 cm³/mol. The van der Waals surface area contributed by atoms with Gasteiger partial charge in [0.05, 0.1) is 35.7 Å². The van der Waals surface area contributed by atoms with Crippen molar-refractivity contribution >= 4 is 35.3 Å². The number of carbonyl (C=O) groups excluding carboxylic acids is 2. The molecule has 6 N–H and O–H groups in total. The minimum Gasteiger partial charge on any atom is -0.480 e. The molecule has 0 aliphatic rings. The molecule has 0 spiro atoms. The second-order valence-corrected chi connectivity index (χ2v) is 9.62. The van der Waals surface area contributed by atoms with Crippen molar-refractivity contribution in [1.29, 1.82) is 0 Å². The number of carboxylic acid groups (broad SMARTS) is 2. The molecule has 14 heteroatoms. The van der Waals surface area contributed by atoms with Crippen LogP contribution in [0.5, 0.6) is 11.5 Å². The van der Waals surface area contributed by atoms with E-state index in [0.717, 1.165) is 5.56 Å². The summed E-state index contributed by atoms with van der Waals surface area (Å²) >= 11 is 0. The average molecular weight is 605 g/mol. The quantitative estimate of drug-likeness (QED) is 0.130. The summed E-state index contributed by atoms with van der Waals surface area (Å²) in [5.74, 6) is -2.38. The molecule has 4 aromatic rings. The van der Waals surface area contributed by atoms with Crippen LogP contribution in [-0.2, 0) is 9.59 Å².